The molecular weight excluding hydrogens is 282 g/mol. The number of rotatable bonds is 5. The summed E-state index contributed by atoms with van der Waals surface area (Å²) in [4.78, 5) is 24.0. The predicted molar refractivity (Wildman–Crippen MR) is 82.4 cm³/mol. The quantitative estimate of drug-likeness (QED) is 0.821. The summed E-state index contributed by atoms with van der Waals surface area (Å²) in [5, 5.41) is 3.28. The Bertz CT molecular complexity index is 510. The van der Waals surface area contributed by atoms with Crippen LogP contribution < -0.4 is 5.32 Å². The summed E-state index contributed by atoms with van der Waals surface area (Å²) in [6.07, 6.45) is 3.71. The summed E-state index contributed by atoms with van der Waals surface area (Å²) in [7, 11) is 3.59. The molecule has 3 rings (SSSR count). The molecule has 7 heteroatoms. The Hall–Kier alpha value is -1.73. The summed E-state index contributed by atoms with van der Waals surface area (Å²) in [6, 6.07) is 1.80. The number of nitrogens with one attached hydrogen (secondary N) is 1. The minimum absolute atomic E-state index is 0.146. The lowest BCUT2D eigenvalue weighted by atomic mass is 9.93. The van der Waals surface area contributed by atoms with Crippen LogP contribution in [-0.2, 0) is 9.53 Å². The van der Waals surface area contributed by atoms with Crippen molar-refractivity contribution in [3.63, 3.8) is 0 Å². The van der Waals surface area contributed by atoms with Crippen molar-refractivity contribution in [2.75, 3.05) is 52.2 Å². The molecule has 1 aromatic heterocycles. The second-order valence-electron chi connectivity index (χ2n) is 6.23. The smallest absolute Gasteiger partial charge is 0.236 e. The molecule has 0 radical (unpaired) electrons. The molecule has 2 aliphatic heterocycles. The minimum atomic E-state index is 0.146. The number of likely N-dealkylation sites (tertiary alicyclic amines) is 1. The van der Waals surface area contributed by atoms with Gasteiger partial charge in [-0.25, -0.2) is 9.97 Å². The van der Waals surface area contributed by atoms with Gasteiger partial charge in [-0.15, -0.1) is 0 Å². The number of ether oxygens (including phenoxy) is 1. The van der Waals surface area contributed by atoms with Crippen molar-refractivity contribution in [2.24, 2.45) is 11.8 Å². The van der Waals surface area contributed by atoms with Crippen molar-refractivity contribution in [2.45, 2.75) is 6.10 Å². The van der Waals surface area contributed by atoms with Crippen LogP contribution in [0, 0.1) is 11.8 Å². The van der Waals surface area contributed by atoms with Gasteiger partial charge in [0, 0.05) is 58.0 Å². The van der Waals surface area contributed by atoms with Gasteiger partial charge in [0.15, 0.2) is 0 Å². The normalized spacial score (nSPS) is 27.6. The van der Waals surface area contributed by atoms with Crippen LogP contribution in [0.3, 0.4) is 0 Å². The van der Waals surface area contributed by atoms with Crippen LogP contribution in [0.4, 0.5) is 5.95 Å². The Kier molecular flexibility index (Phi) is 4.54. The van der Waals surface area contributed by atoms with Gasteiger partial charge in [-0.2, -0.15) is 0 Å². The third-order valence-electron chi connectivity index (χ3n) is 4.46. The lowest BCUT2D eigenvalue weighted by Crippen LogP contribution is -2.36. The van der Waals surface area contributed by atoms with Crippen molar-refractivity contribution in [3.8, 4) is 0 Å². The number of carbonyl (C=O) groups excluding carboxylic acids is 1. The number of nitrogens with zero attached hydrogens (tertiary/aromatic N) is 4. The monoisotopic (exact) mass is 305 g/mol. The molecule has 2 fully saturated rings. The molecule has 120 valence electrons. The highest BCUT2D eigenvalue weighted by atomic mass is 16.5. The molecule has 0 unspecified atom stereocenters. The molecular formula is C15H23N5O2. The molecule has 1 N–H and O–H groups in total. The molecule has 1 aromatic rings. The molecule has 0 spiro atoms. The molecule has 0 aromatic carbocycles. The van der Waals surface area contributed by atoms with Crippen LogP contribution in [-0.4, -0.2) is 78.7 Å². The first-order chi connectivity index (χ1) is 10.6. The molecule has 7 nitrogen and oxygen atoms in total. The maximum absolute atomic E-state index is 11.8. The first-order valence-corrected chi connectivity index (χ1v) is 7.68. The first-order valence-electron chi connectivity index (χ1n) is 7.68. The van der Waals surface area contributed by atoms with Crippen LogP contribution in [0.25, 0.3) is 0 Å². The summed E-state index contributed by atoms with van der Waals surface area (Å²) in [6.45, 7) is 3.82. The van der Waals surface area contributed by atoms with Crippen LogP contribution in [0.2, 0.25) is 0 Å². The van der Waals surface area contributed by atoms with Gasteiger partial charge in [0.2, 0.25) is 11.9 Å². The van der Waals surface area contributed by atoms with E-state index < -0.39 is 0 Å². The van der Waals surface area contributed by atoms with E-state index in [4.69, 9.17) is 4.74 Å². The number of fused-ring (bicyclic) bond motifs is 1. The second kappa shape index (κ2) is 6.58. The van der Waals surface area contributed by atoms with E-state index in [1.165, 1.54) is 0 Å². The Morgan fingerprint density at radius 3 is 2.91 bits per heavy atom. The Morgan fingerprint density at radius 1 is 1.41 bits per heavy atom. The minimum Gasteiger partial charge on any atom is -0.376 e. The van der Waals surface area contributed by atoms with Crippen molar-refractivity contribution in [1.29, 1.82) is 0 Å². The fraction of sp³-hybridized carbons (Fsp3) is 0.667. The van der Waals surface area contributed by atoms with Crippen LogP contribution in [0.1, 0.15) is 0 Å². The maximum atomic E-state index is 11.8. The second-order valence-corrected chi connectivity index (χ2v) is 6.23. The highest BCUT2D eigenvalue weighted by Gasteiger charge is 2.43. The molecule has 0 saturated carbocycles. The van der Waals surface area contributed by atoms with Crippen LogP contribution in [0.15, 0.2) is 18.5 Å². The molecule has 22 heavy (non-hydrogen) atoms. The molecule has 2 saturated heterocycles. The van der Waals surface area contributed by atoms with Gasteiger partial charge in [-0.05, 0) is 6.07 Å². The van der Waals surface area contributed by atoms with E-state index in [0.29, 0.717) is 24.3 Å². The van der Waals surface area contributed by atoms with Crippen molar-refractivity contribution >= 4 is 11.9 Å². The molecule has 3 atom stereocenters. The van der Waals surface area contributed by atoms with E-state index in [0.717, 1.165) is 26.2 Å². The number of likely N-dealkylation sites (N-methyl/N-ethyl adjacent to an activating group) is 1. The molecule has 0 aliphatic carbocycles. The van der Waals surface area contributed by atoms with Gasteiger partial charge in [-0.3, -0.25) is 9.69 Å². The third-order valence-corrected chi connectivity index (χ3v) is 4.46. The lowest BCUT2D eigenvalue weighted by Gasteiger charge is -2.21. The van der Waals surface area contributed by atoms with Gasteiger partial charge < -0.3 is 15.0 Å². The lowest BCUT2D eigenvalue weighted by molar-refractivity contribution is -0.129. The summed E-state index contributed by atoms with van der Waals surface area (Å²) >= 11 is 0. The van der Waals surface area contributed by atoms with Gasteiger partial charge >= 0.3 is 0 Å². The number of carbonyl (C=O) groups is 1. The van der Waals surface area contributed by atoms with E-state index in [9.17, 15) is 4.79 Å². The third kappa shape index (κ3) is 3.36. The average Bonchev–Trinajstić information content (AvgIpc) is 3.06. The van der Waals surface area contributed by atoms with Crippen LogP contribution in [0.5, 0.6) is 0 Å². The van der Waals surface area contributed by atoms with E-state index in [1.807, 2.05) is 0 Å². The average molecular weight is 305 g/mol. The summed E-state index contributed by atoms with van der Waals surface area (Å²) in [5.74, 6) is 1.72. The van der Waals surface area contributed by atoms with Gasteiger partial charge in [0.05, 0.1) is 19.3 Å². The zero-order valence-corrected chi connectivity index (χ0v) is 13.1. The number of hydrogen-bond acceptors (Lipinski definition) is 6. The fourth-order valence-corrected chi connectivity index (χ4v) is 3.16. The van der Waals surface area contributed by atoms with E-state index in [2.05, 4.69) is 20.2 Å². The predicted octanol–water partition coefficient (Wildman–Crippen LogP) is -0.0765. The van der Waals surface area contributed by atoms with Crippen molar-refractivity contribution in [1.82, 2.24) is 19.8 Å². The van der Waals surface area contributed by atoms with Gasteiger partial charge in [-0.1, -0.05) is 0 Å². The van der Waals surface area contributed by atoms with E-state index in [1.54, 1.807) is 37.5 Å². The van der Waals surface area contributed by atoms with Crippen molar-refractivity contribution in [3.05, 3.63) is 18.5 Å². The topological polar surface area (TPSA) is 70.6 Å². The Morgan fingerprint density at radius 2 is 2.18 bits per heavy atom. The molecule has 0 bridgehead atoms. The highest BCUT2D eigenvalue weighted by Crippen LogP contribution is 2.33. The van der Waals surface area contributed by atoms with E-state index in [-0.39, 0.29) is 12.0 Å². The molecule has 3 heterocycles. The molecule has 2 aliphatic rings. The van der Waals surface area contributed by atoms with Crippen molar-refractivity contribution < 1.29 is 9.53 Å². The fourth-order valence-electron chi connectivity index (χ4n) is 3.16. The number of anilines is 1. The maximum Gasteiger partial charge on any atom is 0.236 e. The Balaban J connectivity index is 1.51. The summed E-state index contributed by atoms with van der Waals surface area (Å²) < 4.78 is 5.90. The van der Waals surface area contributed by atoms with Crippen LogP contribution >= 0.6 is 0 Å². The van der Waals surface area contributed by atoms with E-state index >= 15 is 0 Å². The Labute approximate surface area is 130 Å². The number of hydrogen-bond donors (Lipinski definition) is 1. The SMILES string of the molecule is CN(C)C(=O)CN1C[C@@H]2[C@@H](CNc3ncccn3)CO[C@@H]2C1. The standard InChI is InChI=1S/C15H23N5O2/c1-19(2)14(21)9-20-7-12-11(10-22-13(12)8-20)6-18-15-16-4-3-5-17-15/h3-5,11-13H,6-10H2,1-2H3,(H,16,17,18)/t11-,12+,13+/m0/s1. The first kappa shape index (κ1) is 15.2. The zero-order valence-electron chi connectivity index (χ0n) is 13.1. The number of amides is 1. The zero-order chi connectivity index (χ0) is 15.5. The highest BCUT2D eigenvalue weighted by molar-refractivity contribution is 5.77. The van der Waals surface area contributed by atoms with Gasteiger partial charge in [0.25, 0.3) is 0 Å². The van der Waals surface area contributed by atoms with Gasteiger partial charge in [0.1, 0.15) is 0 Å². The number of aromatic nitrogens is 2. The summed E-state index contributed by atoms with van der Waals surface area (Å²) in [5.41, 5.74) is 0. The molecule has 1 amide bonds. The largest absolute Gasteiger partial charge is 0.376 e.